The Balaban J connectivity index is 1.65. The number of aliphatic hydroxyl groups is 1. The van der Waals surface area contributed by atoms with Crippen molar-refractivity contribution in [1.29, 1.82) is 0 Å². The molecule has 4 rings (SSSR count). The van der Waals surface area contributed by atoms with E-state index in [4.69, 9.17) is 0 Å². The Bertz CT molecular complexity index is 343. The number of rotatable bonds is 3. The number of carbonyl (C=O) groups excluding carboxylic acids is 1. The molecule has 0 aliphatic heterocycles. The van der Waals surface area contributed by atoms with Crippen molar-refractivity contribution >= 4 is 6.03 Å². The highest BCUT2D eigenvalue weighted by Gasteiger charge is 2.51. The van der Waals surface area contributed by atoms with E-state index in [0.717, 1.165) is 37.0 Å². The number of amides is 2. The number of carbonyl (C=O) groups is 1. The molecule has 4 heteroatoms. The molecule has 0 radical (unpaired) electrons. The third-order valence-electron chi connectivity index (χ3n) is 5.26. The number of urea groups is 1. The van der Waals surface area contributed by atoms with Gasteiger partial charge in [-0.2, -0.15) is 0 Å². The topological polar surface area (TPSA) is 61.4 Å². The van der Waals surface area contributed by atoms with E-state index in [9.17, 15) is 9.90 Å². The Kier molecular flexibility index (Phi) is 3.04. The van der Waals surface area contributed by atoms with Gasteiger partial charge in [0.2, 0.25) is 0 Å². The summed E-state index contributed by atoms with van der Waals surface area (Å²) >= 11 is 0. The molecule has 0 heterocycles. The molecule has 0 aromatic heterocycles. The molecule has 0 atom stereocenters. The van der Waals surface area contributed by atoms with Gasteiger partial charge in [-0.25, -0.2) is 4.79 Å². The van der Waals surface area contributed by atoms with Gasteiger partial charge in [0.1, 0.15) is 0 Å². The first-order valence-electron chi connectivity index (χ1n) is 7.61. The van der Waals surface area contributed by atoms with E-state index in [1.165, 1.54) is 19.3 Å². The average molecular weight is 266 g/mol. The summed E-state index contributed by atoms with van der Waals surface area (Å²) in [5.74, 6) is 2.49. The lowest BCUT2D eigenvalue weighted by molar-refractivity contribution is -0.0140. The van der Waals surface area contributed by atoms with Gasteiger partial charge < -0.3 is 15.7 Å². The van der Waals surface area contributed by atoms with Gasteiger partial charge in [0.15, 0.2) is 0 Å². The molecule has 0 aromatic carbocycles. The predicted molar refractivity (Wildman–Crippen MR) is 73.7 cm³/mol. The van der Waals surface area contributed by atoms with Crippen molar-refractivity contribution < 1.29 is 9.90 Å². The van der Waals surface area contributed by atoms with Crippen LogP contribution in [0.25, 0.3) is 0 Å². The van der Waals surface area contributed by atoms with Crippen molar-refractivity contribution in [3.05, 3.63) is 0 Å². The van der Waals surface area contributed by atoms with Gasteiger partial charge in [-0.3, -0.25) is 0 Å². The lowest BCUT2D eigenvalue weighted by Gasteiger charge is -2.56. The zero-order chi connectivity index (χ0) is 13.7. The fraction of sp³-hybridized carbons (Fsp3) is 0.933. The summed E-state index contributed by atoms with van der Waals surface area (Å²) in [5.41, 5.74) is -0.503. The molecule has 4 saturated carbocycles. The minimum absolute atomic E-state index is 0.0404. The zero-order valence-corrected chi connectivity index (χ0v) is 12.0. The van der Waals surface area contributed by atoms with Gasteiger partial charge in [-0.15, -0.1) is 0 Å². The smallest absolute Gasteiger partial charge is 0.315 e. The number of hydrogen-bond acceptors (Lipinski definition) is 2. The van der Waals surface area contributed by atoms with E-state index in [-0.39, 0.29) is 18.2 Å². The van der Waals surface area contributed by atoms with E-state index < -0.39 is 5.54 Å². The molecule has 0 spiro atoms. The second-order valence-electron chi connectivity index (χ2n) is 7.82. The van der Waals surface area contributed by atoms with Gasteiger partial charge in [0.25, 0.3) is 0 Å². The highest BCUT2D eigenvalue weighted by atomic mass is 16.3. The Morgan fingerprint density at radius 3 is 2.05 bits per heavy atom. The summed E-state index contributed by atoms with van der Waals surface area (Å²) in [6, 6.07) is -0.110. The summed E-state index contributed by atoms with van der Waals surface area (Å²) in [7, 11) is 0. The van der Waals surface area contributed by atoms with Gasteiger partial charge in [0.05, 0.1) is 12.1 Å². The first-order chi connectivity index (χ1) is 8.90. The van der Waals surface area contributed by atoms with Crippen LogP contribution in [0.5, 0.6) is 0 Å². The predicted octanol–water partition coefficient (Wildman–Crippen LogP) is 2.03. The normalized spacial score (nSPS) is 40.3. The summed E-state index contributed by atoms with van der Waals surface area (Å²) in [5, 5.41) is 15.4. The van der Waals surface area contributed by atoms with Gasteiger partial charge in [-0.1, -0.05) is 0 Å². The van der Waals surface area contributed by atoms with Crippen LogP contribution in [-0.2, 0) is 0 Å². The fourth-order valence-corrected chi connectivity index (χ4v) is 4.88. The molecule has 108 valence electrons. The van der Waals surface area contributed by atoms with Crippen LogP contribution in [0.4, 0.5) is 4.79 Å². The van der Waals surface area contributed by atoms with Crippen molar-refractivity contribution in [2.45, 2.75) is 63.5 Å². The molecule has 19 heavy (non-hydrogen) atoms. The van der Waals surface area contributed by atoms with Crippen LogP contribution < -0.4 is 10.6 Å². The van der Waals surface area contributed by atoms with E-state index in [1.54, 1.807) is 0 Å². The summed E-state index contributed by atoms with van der Waals surface area (Å²) in [6.45, 7) is 3.64. The van der Waals surface area contributed by atoms with Crippen LogP contribution in [0.2, 0.25) is 0 Å². The van der Waals surface area contributed by atoms with Crippen molar-refractivity contribution in [1.82, 2.24) is 10.6 Å². The molecule has 3 N–H and O–H groups in total. The first-order valence-corrected chi connectivity index (χ1v) is 7.61. The minimum Gasteiger partial charge on any atom is -0.394 e. The molecule has 4 nitrogen and oxygen atoms in total. The van der Waals surface area contributed by atoms with E-state index in [1.807, 2.05) is 13.8 Å². The van der Waals surface area contributed by atoms with Crippen LogP contribution in [0.15, 0.2) is 0 Å². The third-order valence-corrected chi connectivity index (χ3v) is 5.26. The molecule has 4 bridgehead atoms. The van der Waals surface area contributed by atoms with E-state index in [2.05, 4.69) is 10.6 Å². The van der Waals surface area contributed by atoms with Crippen LogP contribution in [0, 0.1) is 17.8 Å². The van der Waals surface area contributed by atoms with Gasteiger partial charge in [0, 0.05) is 5.54 Å². The minimum atomic E-state index is -0.549. The third kappa shape index (κ3) is 2.60. The van der Waals surface area contributed by atoms with Crippen LogP contribution in [0.3, 0.4) is 0 Å². The van der Waals surface area contributed by atoms with Gasteiger partial charge >= 0.3 is 6.03 Å². The monoisotopic (exact) mass is 266 g/mol. The number of aliphatic hydroxyl groups excluding tert-OH is 1. The molecular formula is C15H26N2O2. The molecule has 0 aromatic rings. The highest BCUT2D eigenvalue weighted by molar-refractivity contribution is 5.75. The summed E-state index contributed by atoms with van der Waals surface area (Å²) in [4.78, 5) is 12.2. The number of hydrogen-bond donors (Lipinski definition) is 3. The second kappa shape index (κ2) is 4.37. The van der Waals surface area contributed by atoms with Crippen molar-refractivity contribution in [2.75, 3.05) is 6.61 Å². The molecule has 4 fully saturated rings. The van der Waals surface area contributed by atoms with Crippen LogP contribution in [0.1, 0.15) is 52.4 Å². The van der Waals surface area contributed by atoms with Crippen molar-refractivity contribution in [2.24, 2.45) is 17.8 Å². The maximum atomic E-state index is 12.2. The maximum absolute atomic E-state index is 12.2. The Morgan fingerprint density at radius 2 is 1.63 bits per heavy atom. The van der Waals surface area contributed by atoms with Crippen molar-refractivity contribution in [3.8, 4) is 0 Å². The molecule has 0 unspecified atom stereocenters. The SMILES string of the molecule is CC(C)(CO)NC(=O)NC12CC3CC(CC(C3)C1)C2. The lowest BCUT2D eigenvalue weighted by atomic mass is 9.53. The Labute approximate surface area is 115 Å². The van der Waals surface area contributed by atoms with Crippen LogP contribution in [-0.4, -0.2) is 28.8 Å². The Hall–Kier alpha value is -0.770. The van der Waals surface area contributed by atoms with Crippen molar-refractivity contribution in [3.63, 3.8) is 0 Å². The Morgan fingerprint density at radius 1 is 1.16 bits per heavy atom. The fourth-order valence-electron chi connectivity index (χ4n) is 4.88. The zero-order valence-electron chi connectivity index (χ0n) is 12.0. The molecule has 2 amide bonds. The summed E-state index contributed by atoms with van der Waals surface area (Å²) in [6.07, 6.45) is 7.62. The van der Waals surface area contributed by atoms with Gasteiger partial charge in [-0.05, 0) is 70.1 Å². The molecule has 0 saturated heterocycles. The van der Waals surface area contributed by atoms with E-state index in [0.29, 0.717) is 0 Å². The standard InChI is InChI=1S/C15H26N2O2/c1-14(2,9-18)16-13(19)17-15-6-10-3-11(7-15)5-12(4-10)8-15/h10-12,18H,3-9H2,1-2H3,(H2,16,17,19). The quantitative estimate of drug-likeness (QED) is 0.732. The first kappa shape index (κ1) is 13.2. The molecule has 4 aliphatic rings. The van der Waals surface area contributed by atoms with E-state index >= 15 is 0 Å². The molecule has 4 aliphatic carbocycles. The number of nitrogens with one attached hydrogen (secondary N) is 2. The highest BCUT2D eigenvalue weighted by Crippen LogP contribution is 2.55. The summed E-state index contributed by atoms with van der Waals surface area (Å²) < 4.78 is 0. The average Bonchev–Trinajstić information content (AvgIpc) is 2.25. The lowest BCUT2D eigenvalue weighted by Crippen LogP contribution is -2.63. The molecular weight excluding hydrogens is 240 g/mol. The second-order valence-corrected chi connectivity index (χ2v) is 7.82. The largest absolute Gasteiger partial charge is 0.394 e. The maximum Gasteiger partial charge on any atom is 0.315 e. The van der Waals surface area contributed by atoms with Crippen LogP contribution >= 0.6 is 0 Å².